The van der Waals surface area contributed by atoms with Crippen LogP contribution in [0.5, 0.6) is 11.5 Å². The molecule has 174 valence electrons. The Bertz CT molecular complexity index is 1180. The van der Waals surface area contributed by atoms with Gasteiger partial charge in [-0.25, -0.2) is 8.42 Å². The van der Waals surface area contributed by atoms with Crippen LogP contribution < -0.4 is 19.1 Å². The summed E-state index contributed by atoms with van der Waals surface area (Å²) in [6, 6.07) is 20.8. The molecule has 1 amide bonds. The molecule has 3 aromatic rings. The third-order valence-corrected chi connectivity index (χ3v) is 6.81. The molecule has 0 aliphatic rings. The van der Waals surface area contributed by atoms with Gasteiger partial charge in [-0.05, 0) is 61.9 Å². The van der Waals surface area contributed by atoms with E-state index in [0.717, 1.165) is 21.2 Å². The first-order valence-electron chi connectivity index (χ1n) is 10.5. The molecular formula is C25H28N2O5S. The van der Waals surface area contributed by atoms with Crippen molar-refractivity contribution >= 4 is 21.6 Å². The predicted molar refractivity (Wildman–Crippen MR) is 128 cm³/mol. The number of carbonyl (C=O) groups is 1. The van der Waals surface area contributed by atoms with E-state index in [1.165, 1.54) is 0 Å². The fourth-order valence-electron chi connectivity index (χ4n) is 3.20. The number of carbonyl (C=O) groups excluding carboxylic acids is 1. The number of hydrogen-bond acceptors (Lipinski definition) is 5. The number of hydrogen-bond donors (Lipinski definition) is 1. The largest absolute Gasteiger partial charge is 0.497 e. The summed E-state index contributed by atoms with van der Waals surface area (Å²) < 4.78 is 38.7. The molecule has 0 bridgehead atoms. The molecule has 33 heavy (non-hydrogen) atoms. The molecule has 7 nitrogen and oxygen atoms in total. The van der Waals surface area contributed by atoms with Crippen LogP contribution in [-0.2, 0) is 14.8 Å². The van der Waals surface area contributed by atoms with Crippen molar-refractivity contribution in [3.63, 3.8) is 0 Å². The number of amides is 1. The maximum absolute atomic E-state index is 13.4. The van der Waals surface area contributed by atoms with Crippen molar-refractivity contribution in [3.8, 4) is 11.5 Å². The van der Waals surface area contributed by atoms with Crippen LogP contribution in [0, 0.1) is 13.8 Å². The van der Waals surface area contributed by atoms with E-state index < -0.39 is 15.9 Å². The average molecular weight is 469 g/mol. The van der Waals surface area contributed by atoms with Gasteiger partial charge < -0.3 is 14.8 Å². The lowest BCUT2D eigenvalue weighted by Crippen LogP contribution is -2.42. The minimum atomic E-state index is -3.94. The molecule has 0 atom stereocenters. The zero-order chi connectivity index (χ0) is 23.8. The maximum Gasteiger partial charge on any atom is 0.264 e. The van der Waals surface area contributed by atoms with Gasteiger partial charge in [0.05, 0.1) is 24.2 Å². The van der Waals surface area contributed by atoms with Gasteiger partial charge in [0.15, 0.2) is 0 Å². The molecule has 0 spiro atoms. The number of aryl methyl sites for hydroxylation is 2. The maximum atomic E-state index is 13.4. The summed E-state index contributed by atoms with van der Waals surface area (Å²) in [5.41, 5.74) is 2.16. The average Bonchev–Trinajstić information content (AvgIpc) is 2.81. The van der Waals surface area contributed by atoms with Crippen molar-refractivity contribution in [2.45, 2.75) is 18.7 Å². The van der Waals surface area contributed by atoms with Crippen molar-refractivity contribution in [3.05, 3.63) is 83.9 Å². The van der Waals surface area contributed by atoms with Gasteiger partial charge in [-0.15, -0.1) is 0 Å². The number of nitrogens with zero attached hydrogens (tertiary/aromatic N) is 1. The minimum absolute atomic E-state index is 0.131. The second kappa shape index (κ2) is 10.9. The highest BCUT2D eigenvalue weighted by Gasteiger charge is 2.28. The topological polar surface area (TPSA) is 84.9 Å². The summed E-state index contributed by atoms with van der Waals surface area (Å²) >= 11 is 0. The monoisotopic (exact) mass is 468 g/mol. The van der Waals surface area contributed by atoms with Crippen LogP contribution in [0.25, 0.3) is 0 Å². The van der Waals surface area contributed by atoms with Gasteiger partial charge in [0.1, 0.15) is 24.7 Å². The first kappa shape index (κ1) is 24.1. The lowest BCUT2D eigenvalue weighted by molar-refractivity contribution is -0.119. The van der Waals surface area contributed by atoms with Gasteiger partial charge >= 0.3 is 0 Å². The van der Waals surface area contributed by atoms with Crippen molar-refractivity contribution in [2.75, 3.05) is 31.1 Å². The molecular weight excluding hydrogens is 440 g/mol. The Morgan fingerprint density at radius 1 is 0.909 bits per heavy atom. The number of benzene rings is 3. The summed E-state index contributed by atoms with van der Waals surface area (Å²) in [6.45, 7) is 3.83. The predicted octanol–water partition coefficient (Wildman–Crippen LogP) is 3.70. The first-order chi connectivity index (χ1) is 15.8. The third-order valence-electron chi connectivity index (χ3n) is 5.03. The highest BCUT2D eigenvalue weighted by atomic mass is 32.2. The summed E-state index contributed by atoms with van der Waals surface area (Å²) in [5.74, 6) is 0.947. The van der Waals surface area contributed by atoms with Crippen molar-refractivity contribution in [2.24, 2.45) is 0 Å². The van der Waals surface area contributed by atoms with Crippen molar-refractivity contribution in [1.82, 2.24) is 5.32 Å². The van der Waals surface area contributed by atoms with Crippen molar-refractivity contribution < 1.29 is 22.7 Å². The molecule has 0 fully saturated rings. The number of ether oxygens (including phenoxy) is 2. The van der Waals surface area contributed by atoms with Gasteiger partial charge in [-0.2, -0.15) is 0 Å². The number of methoxy groups -OCH3 is 1. The minimum Gasteiger partial charge on any atom is -0.497 e. The number of sulfonamides is 1. The molecule has 8 heteroatoms. The van der Waals surface area contributed by atoms with Gasteiger partial charge in [0.2, 0.25) is 5.91 Å². The second-order valence-electron chi connectivity index (χ2n) is 7.49. The summed E-state index contributed by atoms with van der Waals surface area (Å²) in [7, 11) is -2.35. The zero-order valence-corrected chi connectivity index (χ0v) is 19.8. The van der Waals surface area contributed by atoms with E-state index in [9.17, 15) is 13.2 Å². The molecule has 0 radical (unpaired) electrons. The summed E-state index contributed by atoms with van der Waals surface area (Å²) in [6.07, 6.45) is 0. The van der Waals surface area contributed by atoms with Crippen LogP contribution >= 0.6 is 0 Å². The summed E-state index contributed by atoms with van der Waals surface area (Å²) in [4.78, 5) is 12.8. The SMILES string of the molecule is COc1ccc(OCCNC(=O)CN(c2ccccc2C)S(=O)(=O)c2ccc(C)cc2)cc1. The Morgan fingerprint density at radius 2 is 1.55 bits per heavy atom. The number of rotatable bonds is 10. The summed E-state index contributed by atoms with van der Waals surface area (Å²) in [5, 5.41) is 2.73. The zero-order valence-electron chi connectivity index (χ0n) is 18.9. The number of para-hydroxylation sites is 1. The molecule has 3 rings (SSSR count). The molecule has 1 N–H and O–H groups in total. The standard InChI is InChI=1S/C25H28N2O5S/c1-19-8-14-23(15-9-19)33(29,30)27(24-7-5-4-6-20(24)2)18-25(28)26-16-17-32-22-12-10-21(31-3)11-13-22/h4-15H,16-18H2,1-3H3,(H,26,28). The van der Waals surface area contributed by atoms with E-state index in [2.05, 4.69) is 5.32 Å². The Morgan fingerprint density at radius 3 is 2.18 bits per heavy atom. The van der Waals surface area contributed by atoms with Gasteiger partial charge in [-0.3, -0.25) is 9.10 Å². The van der Waals surface area contributed by atoms with Gasteiger partial charge in [0.25, 0.3) is 10.0 Å². The highest BCUT2D eigenvalue weighted by molar-refractivity contribution is 7.92. The quantitative estimate of drug-likeness (QED) is 0.459. The van der Waals surface area contributed by atoms with Crippen LogP contribution in [-0.4, -0.2) is 41.1 Å². The molecule has 3 aromatic carbocycles. The van der Waals surface area contributed by atoms with Crippen LogP contribution in [0.4, 0.5) is 5.69 Å². The molecule has 0 aliphatic heterocycles. The van der Waals surface area contributed by atoms with E-state index in [0.29, 0.717) is 11.4 Å². The smallest absolute Gasteiger partial charge is 0.264 e. The van der Waals surface area contributed by atoms with Crippen LogP contribution in [0.1, 0.15) is 11.1 Å². The molecule has 0 saturated heterocycles. The van der Waals surface area contributed by atoms with Crippen LogP contribution in [0.2, 0.25) is 0 Å². The molecule has 0 heterocycles. The van der Waals surface area contributed by atoms with Gasteiger partial charge in [0, 0.05) is 0 Å². The Hall–Kier alpha value is -3.52. The lowest BCUT2D eigenvalue weighted by atomic mass is 10.2. The van der Waals surface area contributed by atoms with E-state index >= 15 is 0 Å². The molecule has 0 aromatic heterocycles. The number of anilines is 1. The molecule has 0 aliphatic carbocycles. The lowest BCUT2D eigenvalue weighted by Gasteiger charge is -2.25. The first-order valence-corrected chi connectivity index (χ1v) is 11.9. The van der Waals surface area contributed by atoms with Crippen LogP contribution in [0.15, 0.2) is 77.7 Å². The second-order valence-corrected chi connectivity index (χ2v) is 9.35. The highest BCUT2D eigenvalue weighted by Crippen LogP contribution is 2.26. The van der Waals surface area contributed by atoms with Crippen LogP contribution in [0.3, 0.4) is 0 Å². The fraction of sp³-hybridized carbons (Fsp3) is 0.240. The third kappa shape index (κ3) is 6.26. The van der Waals surface area contributed by atoms with E-state index in [4.69, 9.17) is 9.47 Å². The van der Waals surface area contributed by atoms with Crippen molar-refractivity contribution in [1.29, 1.82) is 0 Å². The fourth-order valence-corrected chi connectivity index (χ4v) is 4.68. The Labute approximate surface area is 195 Å². The van der Waals surface area contributed by atoms with E-state index in [1.807, 2.05) is 26.0 Å². The van der Waals surface area contributed by atoms with Gasteiger partial charge in [-0.1, -0.05) is 35.9 Å². The number of nitrogens with one attached hydrogen (secondary N) is 1. The Balaban J connectivity index is 1.68. The molecule has 0 unspecified atom stereocenters. The van der Waals surface area contributed by atoms with E-state index in [1.54, 1.807) is 67.8 Å². The molecule has 0 saturated carbocycles. The normalized spacial score (nSPS) is 11.0. The Kier molecular flexibility index (Phi) is 7.95. The van der Waals surface area contributed by atoms with E-state index in [-0.39, 0.29) is 24.6 Å².